The first-order valence-electron chi connectivity index (χ1n) is 5.89. The van der Waals surface area contributed by atoms with Gasteiger partial charge in [0.05, 0.1) is 12.5 Å². The van der Waals surface area contributed by atoms with E-state index in [0.717, 1.165) is 36.8 Å². The van der Waals surface area contributed by atoms with Crippen LogP contribution in [0.2, 0.25) is 5.02 Å². The lowest BCUT2D eigenvalue weighted by Gasteiger charge is -2.34. The van der Waals surface area contributed by atoms with Gasteiger partial charge in [0.25, 0.3) is 0 Å². The van der Waals surface area contributed by atoms with Gasteiger partial charge in [-0.25, -0.2) is 0 Å². The molecule has 1 atom stereocenters. The lowest BCUT2D eigenvalue weighted by Crippen LogP contribution is -2.45. The minimum Gasteiger partial charge on any atom is -0.314 e. The first-order valence-corrected chi connectivity index (χ1v) is 6.27. The van der Waals surface area contributed by atoms with Gasteiger partial charge in [-0.1, -0.05) is 29.8 Å². The number of piperazine rings is 1. The summed E-state index contributed by atoms with van der Waals surface area (Å²) in [7, 11) is 0. The average Bonchev–Trinajstić information content (AvgIpc) is 2.38. The van der Waals surface area contributed by atoms with Crippen LogP contribution in [0.15, 0.2) is 24.3 Å². The standard InChI is InChI=1S/C13H16ClN3/c14-12-4-2-1-3-11(12)13(5-6-15)17-9-7-16-8-10-17/h1-4,13,16H,5,7-10H2/t13-/m1/s1. The Labute approximate surface area is 107 Å². The van der Waals surface area contributed by atoms with Crippen molar-refractivity contribution in [2.75, 3.05) is 26.2 Å². The van der Waals surface area contributed by atoms with Gasteiger partial charge in [-0.05, 0) is 11.6 Å². The van der Waals surface area contributed by atoms with Crippen molar-refractivity contribution in [3.05, 3.63) is 34.9 Å². The van der Waals surface area contributed by atoms with E-state index in [1.807, 2.05) is 24.3 Å². The predicted molar refractivity (Wildman–Crippen MR) is 68.9 cm³/mol. The van der Waals surface area contributed by atoms with Crippen molar-refractivity contribution >= 4 is 11.6 Å². The number of halogens is 1. The zero-order valence-corrected chi connectivity index (χ0v) is 10.5. The molecule has 0 radical (unpaired) electrons. The number of nitriles is 1. The Morgan fingerprint density at radius 2 is 2.06 bits per heavy atom. The highest BCUT2D eigenvalue weighted by molar-refractivity contribution is 6.31. The molecule has 1 aliphatic heterocycles. The molecule has 2 rings (SSSR count). The monoisotopic (exact) mass is 249 g/mol. The molecule has 1 fully saturated rings. The zero-order chi connectivity index (χ0) is 12.1. The van der Waals surface area contributed by atoms with E-state index in [4.69, 9.17) is 16.9 Å². The Balaban J connectivity index is 2.22. The summed E-state index contributed by atoms with van der Waals surface area (Å²) in [5.74, 6) is 0. The van der Waals surface area contributed by atoms with E-state index >= 15 is 0 Å². The van der Waals surface area contributed by atoms with Crippen LogP contribution in [-0.4, -0.2) is 31.1 Å². The predicted octanol–water partition coefficient (Wildman–Crippen LogP) is 2.20. The van der Waals surface area contributed by atoms with E-state index < -0.39 is 0 Å². The molecule has 0 spiro atoms. The second-order valence-corrected chi connectivity index (χ2v) is 4.59. The molecule has 90 valence electrons. The SMILES string of the molecule is N#CC[C@H](c1ccccc1Cl)N1CCNCC1. The lowest BCUT2D eigenvalue weighted by atomic mass is 10.0. The van der Waals surface area contributed by atoms with Crippen LogP contribution in [0.3, 0.4) is 0 Å². The number of nitrogens with zero attached hydrogens (tertiary/aromatic N) is 2. The average molecular weight is 250 g/mol. The summed E-state index contributed by atoms with van der Waals surface area (Å²) >= 11 is 6.22. The first kappa shape index (κ1) is 12.4. The Morgan fingerprint density at radius 3 is 2.71 bits per heavy atom. The third-order valence-corrected chi connectivity index (χ3v) is 3.49. The number of benzene rings is 1. The molecule has 1 heterocycles. The van der Waals surface area contributed by atoms with Gasteiger partial charge >= 0.3 is 0 Å². The largest absolute Gasteiger partial charge is 0.314 e. The lowest BCUT2D eigenvalue weighted by molar-refractivity contribution is 0.175. The van der Waals surface area contributed by atoms with E-state index in [1.165, 1.54) is 0 Å². The van der Waals surface area contributed by atoms with E-state index in [9.17, 15) is 0 Å². The normalized spacial score (nSPS) is 18.6. The van der Waals surface area contributed by atoms with Gasteiger partial charge in [-0.15, -0.1) is 0 Å². The fraction of sp³-hybridized carbons (Fsp3) is 0.462. The first-order chi connectivity index (χ1) is 8.33. The quantitative estimate of drug-likeness (QED) is 0.893. The molecule has 0 bridgehead atoms. The molecule has 0 aromatic heterocycles. The number of hydrogen-bond donors (Lipinski definition) is 1. The van der Waals surface area contributed by atoms with Gasteiger partial charge < -0.3 is 5.32 Å². The highest BCUT2D eigenvalue weighted by Crippen LogP contribution is 2.29. The Bertz CT molecular complexity index is 407. The number of rotatable bonds is 3. The van der Waals surface area contributed by atoms with Crippen LogP contribution in [0, 0.1) is 11.3 Å². The summed E-state index contributed by atoms with van der Waals surface area (Å²) in [6, 6.07) is 10.2. The highest BCUT2D eigenvalue weighted by atomic mass is 35.5. The molecule has 0 unspecified atom stereocenters. The van der Waals surface area contributed by atoms with E-state index in [0.29, 0.717) is 6.42 Å². The summed E-state index contributed by atoms with van der Waals surface area (Å²) in [6.45, 7) is 3.90. The van der Waals surface area contributed by atoms with Crippen molar-refractivity contribution < 1.29 is 0 Å². The van der Waals surface area contributed by atoms with E-state index in [1.54, 1.807) is 0 Å². The minimum absolute atomic E-state index is 0.121. The van der Waals surface area contributed by atoms with Crippen molar-refractivity contribution in [1.82, 2.24) is 10.2 Å². The van der Waals surface area contributed by atoms with Gasteiger partial charge in [0.1, 0.15) is 0 Å². The second kappa shape index (κ2) is 6.02. The molecule has 17 heavy (non-hydrogen) atoms. The number of hydrogen-bond acceptors (Lipinski definition) is 3. The third kappa shape index (κ3) is 2.98. The fourth-order valence-corrected chi connectivity index (χ4v) is 2.52. The van der Waals surface area contributed by atoms with Crippen LogP contribution in [0.4, 0.5) is 0 Å². The summed E-state index contributed by atoms with van der Waals surface area (Å²) in [5, 5.41) is 13.1. The van der Waals surface area contributed by atoms with Crippen LogP contribution in [0.1, 0.15) is 18.0 Å². The van der Waals surface area contributed by atoms with E-state index in [-0.39, 0.29) is 6.04 Å². The summed E-state index contributed by atoms with van der Waals surface area (Å²) in [4.78, 5) is 2.33. The molecule has 1 aliphatic rings. The van der Waals surface area contributed by atoms with Crippen molar-refractivity contribution in [1.29, 1.82) is 5.26 Å². The molecule has 1 aromatic rings. The molecule has 3 nitrogen and oxygen atoms in total. The molecule has 0 amide bonds. The molecule has 0 saturated carbocycles. The molecule has 1 N–H and O–H groups in total. The molecule has 0 aliphatic carbocycles. The van der Waals surface area contributed by atoms with Gasteiger partial charge in [0.2, 0.25) is 0 Å². The molecular weight excluding hydrogens is 234 g/mol. The Morgan fingerprint density at radius 1 is 1.35 bits per heavy atom. The van der Waals surface area contributed by atoms with Gasteiger partial charge in [0.15, 0.2) is 0 Å². The minimum atomic E-state index is 0.121. The van der Waals surface area contributed by atoms with Gasteiger partial charge in [-0.2, -0.15) is 5.26 Å². The smallest absolute Gasteiger partial charge is 0.0641 e. The summed E-state index contributed by atoms with van der Waals surface area (Å²) in [5.41, 5.74) is 1.07. The highest BCUT2D eigenvalue weighted by Gasteiger charge is 2.23. The molecule has 1 saturated heterocycles. The van der Waals surface area contributed by atoms with Crippen molar-refractivity contribution in [2.24, 2.45) is 0 Å². The van der Waals surface area contributed by atoms with Crippen molar-refractivity contribution in [3.63, 3.8) is 0 Å². The van der Waals surface area contributed by atoms with Crippen LogP contribution in [-0.2, 0) is 0 Å². The topological polar surface area (TPSA) is 39.1 Å². The maximum Gasteiger partial charge on any atom is 0.0641 e. The molecule has 4 heteroatoms. The number of nitrogens with one attached hydrogen (secondary N) is 1. The van der Waals surface area contributed by atoms with Crippen LogP contribution < -0.4 is 5.32 Å². The van der Waals surface area contributed by atoms with Crippen LogP contribution in [0.5, 0.6) is 0 Å². The summed E-state index contributed by atoms with van der Waals surface area (Å²) in [6.07, 6.45) is 0.490. The maximum absolute atomic E-state index is 8.98. The Hall–Kier alpha value is -1.08. The van der Waals surface area contributed by atoms with Crippen molar-refractivity contribution in [3.8, 4) is 6.07 Å². The fourth-order valence-electron chi connectivity index (χ4n) is 2.26. The zero-order valence-electron chi connectivity index (χ0n) is 9.69. The van der Waals surface area contributed by atoms with Gasteiger partial charge in [-0.3, -0.25) is 4.90 Å². The third-order valence-electron chi connectivity index (χ3n) is 3.14. The van der Waals surface area contributed by atoms with E-state index in [2.05, 4.69) is 16.3 Å². The van der Waals surface area contributed by atoms with Crippen LogP contribution >= 0.6 is 11.6 Å². The second-order valence-electron chi connectivity index (χ2n) is 4.19. The molecular formula is C13H16ClN3. The van der Waals surface area contributed by atoms with Crippen LogP contribution in [0.25, 0.3) is 0 Å². The van der Waals surface area contributed by atoms with Crippen molar-refractivity contribution in [2.45, 2.75) is 12.5 Å². The molecule has 1 aromatic carbocycles. The maximum atomic E-state index is 8.98. The Kier molecular flexibility index (Phi) is 4.38. The van der Waals surface area contributed by atoms with Gasteiger partial charge in [0, 0.05) is 37.2 Å². The summed E-state index contributed by atoms with van der Waals surface area (Å²) < 4.78 is 0.